The van der Waals surface area contributed by atoms with Crippen LogP contribution in [0.1, 0.15) is 5.76 Å². The Bertz CT molecular complexity index is 1170. The van der Waals surface area contributed by atoms with Crippen molar-refractivity contribution in [3.8, 4) is 11.3 Å². The number of furan rings is 1. The quantitative estimate of drug-likeness (QED) is 0.277. The van der Waals surface area contributed by atoms with E-state index in [1.165, 1.54) is 18.2 Å². The molecule has 32 heavy (non-hydrogen) atoms. The lowest BCUT2D eigenvalue weighted by Crippen LogP contribution is -2.48. The standard InChI is InChI=1S/C23H19Cl2N3O4/c24-20-3-1-2-19(23(20)25)21-10-8-18(32-21)9-11-22(29)27-14-12-26(13-15-27)16-4-6-17(7-5-16)28(30)31/h1-11H,12-15H2. The third-order valence-corrected chi connectivity index (χ3v) is 6.07. The van der Waals surface area contributed by atoms with Gasteiger partial charge in [0.15, 0.2) is 0 Å². The number of anilines is 1. The second-order valence-electron chi connectivity index (χ2n) is 7.22. The van der Waals surface area contributed by atoms with E-state index < -0.39 is 4.92 Å². The highest BCUT2D eigenvalue weighted by Gasteiger charge is 2.20. The zero-order chi connectivity index (χ0) is 22.7. The number of nitro groups is 1. The lowest BCUT2D eigenvalue weighted by molar-refractivity contribution is -0.384. The van der Waals surface area contributed by atoms with Gasteiger partial charge in [-0.05, 0) is 42.5 Å². The van der Waals surface area contributed by atoms with Crippen molar-refractivity contribution >= 4 is 46.6 Å². The van der Waals surface area contributed by atoms with Crippen molar-refractivity contribution in [2.24, 2.45) is 0 Å². The first-order valence-electron chi connectivity index (χ1n) is 9.93. The minimum atomic E-state index is -0.418. The molecule has 0 bridgehead atoms. The Kier molecular flexibility index (Phi) is 6.48. The molecule has 1 saturated heterocycles. The van der Waals surface area contributed by atoms with E-state index in [9.17, 15) is 14.9 Å². The van der Waals surface area contributed by atoms with Crippen LogP contribution in [0.3, 0.4) is 0 Å². The summed E-state index contributed by atoms with van der Waals surface area (Å²) in [7, 11) is 0. The van der Waals surface area contributed by atoms with Gasteiger partial charge in [0.1, 0.15) is 11.5 Å². The number of benzene rings is 2. The number of hydrogen-bond acceptors (Lipinski definition) is 5. The Balaban J connectivity index is 1.35. The Morgan fingerprint density at radius 1 is 1.00 bits per heavy atom. The molecule has 2 aromatic carbocycles. The molecule has 0 radical (unpaired) electrons. The SMILES string of the molecule is O=C(C=Cc1ccc(-c2cccc(Cl)c2Cl)o1)N1CCN(c2ccc([N+](=O)[O-])cc2)CC1. The van der Waals surface area contributed by atoms with E-state index in [4.69, 9.17) is 27.6 Å². The number of hydrogen-bond donors (Lipinski definition) is 0. The molecule has 7 nitrogen and oxygen atoms in total. The summed E-state index contributed by atoms with van der Waals surface area (Å²) in [6, 6.07) is 15.3. The predicted octanol–water partition coefficient (Wildman–Crippen LogP) is 5.52. The van der Waals surface area contributed by atoms with Crippen LogP contribution in [0.2, 0.25) is 10.0 Å². The van der Waals surface area contributed by atoms with Crippen molar-refractivity contribution in [1.29, 1.82) is 0 Å². The third-order valence-electron chi connectivity index (χ3n) is 5.25. The van der Waals surface area contributed by atoms with E-state index in [1.807, 2.05) is 6.07 Å². The maximum atomic E-state index is 12.6. The van der Waals surface area contributed by atoms with Gasteiger partial charge in [0.2, 0.25) is 5.91 Å². The minimum Gasteiger partial charge on any atom is -0.457 e. The van der Waals surface area contributed by atoms with E-state index in [1.54, 1.807) is 47.4 Å². The monoisotopic (exact) mass is 471 g/mol. The molecule has 0 saturated carbocycles. The Hall–Kier alpha value is -3.29. The number of nitro benzene ring substituents is 1. The lowest BCUT2D eigenvalue weighted by atomic mass is 10.2. The van der Waals surface area contributed by atoms with Gasteiger partial charge in [-0.3, -0.25) is 14.9 Å². The van der Waals surface area contributed by atoms with E-state index in [2.05, 4.69) is 4.90 Å². The normalized spacial score (nSPS) is 14.2. The summed E-state index contributed by atoms with van der Waals surface area (Å²) in [6.45, 7) is 2.41. The fourth-order valence-electron chi connectivity index (χ4n) is 3.51. The van der Waals surface area contributed by atoms with Crippen molar-refractivity contribution in [3.63, 3.8) is 0 Å². The summed E-state index contributed by atoms with van der Waals surface area (Å²) in [5.74, 6) is 1.00. The Labute approximate surface area is 194 Å². The molecule has 1 aliphatic rings. The molecule has 1 fully saturated rings. The zero-order valence-electron chi connectivity index (χ0n) is 16.9. The molecular weight excluding hydrogens is 453 g/mol. The van der Waals surface area contributed by atoms with Gasteiger partial charge in [-0.2, -0.15) is 0 Å². The highest BCUT2D eigenvalue weighted by Crippen LogP contribution is 2.34. The van der Waals surface area contributed by atoms with E-state index in [-0.39, 0.29) is 11.6 Å². The summed E-state index contributed by atoms with van der Waals surface area (Å²) < 4.78 is 5.79. The van der Waals surface area contributed by atoms with Gasteiger partial charge < -0.3 is 14.2 Å². The molecule has 0 aliphatic carbocycles. The molecular formula is C23H19Cl2N3O4. The molecule has 0 unspecified atom stereocenters. The average Bonchev–Trinajstić information content (AvgIpc) is 3.28. The molecule has 164 valence electrons. The van der Waals surface area contributed by atoms with Crippen LogP contribution in [0.25, 0.3) is 17.4 Å². The number of amides is 1. The predicted molar refractivity (Wildman–Crippen MR) is 125 cm³/mol. The number of halogens is 2. The first-order valence-corrected chi connectivity index (χ1v) is 10.7. The molecule has 9 heteroatoms. The molecule has 1 aliphatic heterocycles. The maximum absolute atomic E-state index is 12.6. The fraction of sp³-hybridized carbons (Fsp3) is 0.174. The number of carbonyl (C=O) groups excluding carboxylic acids is 1. The van der Waals surface area contributed by atoms with Crippen LogP contribution in [-0.2, 0) is 4.79 Å². The molecule has 2 heterocycles. The molecule has 1 aromatic heterocycles. The summed E-state index contributed by atoms with van der Waals surface area (Å²) >= 11 is 12.3. The fourth-order valence-corrected chi connectivity index (χ4v) is 3.90. The number of nitrogens with zero attached hydrogens (tertiary/aromatic N) is 3. The van der Waals surface area contributed by atoms with Crippen molar-refractivity contribution in [3.05, 3.63) is 86.6 Å². The largest absolute Gasteiger partial charge is 0.457 e. The van der Waals surface area contributed by atoms with Crippen LogP contribution in [0.4, 0.5) is 11.4 Å². The van der Waals surface area contributed by atoms with Crippen LogP contribution in [-0.4, -0.2) is 41.9 Å². The topological polar surface area (TPSA) is 79.8 Å². The third kappa shape index (κ3) is 4.79. The molecule has 0 atom stereocenters. The maximum Gasteiger partial charge on any atom is 0.269 e. The Morgan fingerprint density at radius 3 is 2.41 bits per heavy atom. The number of carbonyl (C=O) groups is 1. The highest BCUT2D eigenvalue weighted by molar-refractivity contribution is 6.43. The van der Waals surface area contributed by atoms with Crippen molar-refractivity contribution in [2.45, 2.75) is 0 Å². The summed E-state index contributed by atoms with van der Waals surface area (Å²) in [5.41, 5.74) is 1.65. The molecule has 4 rings (SSSR count). The summed E-state index contributed by atoms with van der Waals surface area (Å²) in [4.78, 5) is 26.8. The second kappa shape index (κ2) is 9.46. The first-order chi connectivity index (χ1) is 15.4. The van der Waals surface area contributed by atoms with Gasteiger partial charge in [-0.15, -0.1) is 0 Å². The van der Waals surface area contributed by atoms with Crippen LogP contribution >= 0.6 is 23.2 Å². The van der Waals surface area contributed by atoms with Crippen molar-refractivity contribution < 1.29 is 14.1 Å². The Morgan fingerprint density at radius 2 is 1.72 bits per heavy atom. The molecule has 1 amide bonds. The van der Waals surface area contributed by atoms with Crippen molar-refractivity contribution in [2.75, 3.05) is 31.1 Å². The van der Waals surface area contributed by atoms with E-state index in [0.717, 1.165) is 5.69 Å². The van der Waals surface area contributed by atoms with Gasteiger partial charge in [-0.1, -0.05) is 29.3 Å². The van der Waals surface area contributed by atoms with E-state index >= 15 is 0 Å². The van der Waals surface area contributed by atoms with Gasteiger partial charge in [0.25, 0.3) is 5.69 Å². The highest BCUT2D eigenvalue weighted by atomic mass is 35.5. The minimum absolute atomic E-state index is 0.0615. The zero-order valence-corrected chi connectivity index (χ0v) is 18.4. The van der Waals surface area contributed by atoms with Crippen LogP contribution in [0, 0.1) is 10.1 Å². The summed E-state index contributed by atoms with van der Waals surface area (Å²) in [6.07, 6.45) is 3.12. The molecule has 3 aromatic rings. The van der Waals surface area contributed by atoms with Crippen LogP contribution in [0.5, 0.6) is 0 Å². The summed E-state index contributed by atoms with van der Waals surface area (Å²) in [5, 5.41) is 11.7. The smallest absolute Gasteiger partial charge is 0.269 e. The van der Waals surface area contributed by atoms with Gasteiger partial charge in [0.05, 0.1) is 15.0 Å². The number of non-ortho nitro benzene ring substituents is 1. The second-order valence-corrected chi connectivity index (χ2v) is 8.01. The number of piperazine rings is 1. The van der Waals surface area contributed by atoms with Gasteiger partial charge in [0, 0.05) is 55.6 Å². The van der Waals surface area contributed by atoms with Gasteiger partial charge >= 0.3 is 0 Å². The van der Waals surface area contributed by atoms with Crippen LogP contribution < -0.4 is 4.90 Å². The van der Waals surface area contributed by atoms with Crippen molar-refractivity contribution in [1.82, 2.24) is 4.90 Å². The van der Waals surface area contributed by atoms with Gasteiger partial charge in [-0.25, -0.2) is 0 Å². The average molecular weight is 472 g/mol. The first kappa shape index (κ1) is 21.9. The lowest BCUT2D eigenvalue weighted by Gasteiger charge is -2.35. The molecule has 0 N–H and O–H groups in total. The van der Waals surface area contributed by atoms with Crippen LogP contribution in [0.15, 0.2) is 65.1 Å². The molecule has 0 spiro atoms. The van der Waals surface area contributed by atoms with E-state index in [0.29, 0.717) is 53.3 Å². The number of rotatable bonds is 5.